The third kappa shape index (κ3) is 2.44. The van der Waals surface area contributed by atoms with Crippen LogP contribution >= 0.6 is 0 Å². The number of H-pyrrole nitrogens is 1. The van der Waals surface area contributed by atoms with Gasteiger partial charge in [0.25, 0.3) is 11.5 Å². The molecule has 1 aromatic heterocycles. The van der Waals surface area contributed by atoms with Crippen molar-refractivity contribution in [2.24, 2.45) is 24.8 Å². The lowest BCUT2D eigenvalue weighted by Gasteiger charge is -2.16. The number of carbonyl (C=O) groups excluding carboxylic acids is 1. The van der Waals surface area contributed by atoms with E-state index in [1.165, 1.54) is 18.1 Å². The molecule has 1 saturated heterocycles. The number of nitrogens with zero attached hydrogens (tertiary/aromatic N) is 2. The lowest BCUT2D eigenvalue weighted by molar-refractivity contribution is -0.142. The lowest BCUT2D eigenvalue weighted by atomic mass is 9.92. The van der Waals surface area contributed by atoms with Crippen LogP contribution in [-0.2, 0) is 11.8 Å². The van der Waals surface area contributed by atoms with E-state index in [9.17, 15) is 24.3 Å². The maximum absolute atomic E-state index is 12.5. The highest BCUT2D eigenvalue weighted by Gasteiger charge is 2.47. The summed E-state index contributed by atoms with van der Waals surface area (Å²) in [5.41, 5.74) is -1.47. The van der Waals surface area contributed by atoms with Crippen molar-refractivity contribution in [1.82, 2.24) is 14.5 Å². The largest absolute Gasteiger partial charge is 0.481 e. The molecular weight excluding hydrogens is 290 g/mol. The van der Waals surface area contributed by atoms with Gasteiger partial charge in [-0.3, -0.25) is 19.4 Å². The van der Waals surface area contributed by atoms with Crippen molar-refractivity contribution >= 4 is 11.9 Å². The minimum atomic E-state index is -0.901. The van der Waals surface area contributed by atoms with Crippen LogP contribution < -0.4 is 11.2 Å². The molecule has 0 unspecified atom stereocenters. The van der Waals surface area contributed by atoms with Gasteiger partial charge in [-0.1, -0.05) is 0 Å². The van der Waals surface area contributed by atoms with Crippen LogP contribution in [0.1, 0.15) is 23.2 Å². The zero-order chi connectivity index (χ0) is 16.0. The Bertz CT molecular complexity index is 746. The zero-order valence-electron chi connectivity index (χ0n) is 12.1. The van der Waals surface area contributed by atoms with Gasteiger partial charge in [-0.05, 0) is 24.7 Å². The fourth-order valence-electron chi connectivity index (χ4n) is 3.14. The number of carboxylic acid groups (broad SMARTS) is 1. The molecule has 2 atom stereocenters. The Morgan fingerprint density at radius 1 is 1.27 bits per heavy atom. The van der Waals surface area contributed by atoms with Crippen LogP contribution in [0, 0.1) is 17.8 Å². The maximum Gasteiger partial charge on any atom is 0.328 e. The molecule has 1 aliphatic carbocycles. The first kappa shape index (κ1) is 14.6. The van der Waals surface area contributed by atoms with Crippen molar-refractivity contribution in [3.05, 3.63) is 32.6 Å². The summed E-state index contributed by atoms with van der Waals surface area (Å²) in [5.74, 6) is -1.69. The Morgan fingerprint density at radius 2 is 1.95 bits per heavy atom. The summed E-state index contributed by atoms with van der Waals surface area (Å²) in [6.07, 6.45) is 3.19. The molecule has 3 rings (SSSR count). The molecule has 1 aliphatic heterocycles. The molecule has 22 heavy (non-hydrogen) atoms. The number of aromatic nitrogens is 2. The molecule has 1 amide bonds. The first-order chi connectivity index (χ1) is 10.4. The molecule has 2 N–H and O–H groups in total. The molecule has 8 nitrogen and oxygen atoms in total. The SMILES string of the molecule is Cn1cc(C(=O)N2C[C@H](C(=O)O)[C@@H](C3CC3)C2)c(=O)[nH]c1=O. The molecule has 1 saturated carbocycles. The standard InChI is InChI=1S/C14H17N3O5/c1-16-4-10(11(18)15-14(16)22)12(19)17-5-8(7-2-3-7)9(6-17)13(20)21/h4,7-9H,2-3,5-6H2,1H3,(H,20,21)(H,15,18,22)/t8-,9+/m1/s1. The number of likely N-dealkylation sites (tertiary alicyclic amines) is 1. The Kier molecular flexibility index (Phi) is 3.38. The molecule has 1 aromatic rings. The number of hydrogen-bond acceptors (Lipinski definition) is 4. The minimum Gasteiger partial charge on any atom is -0.481 e. The highest BCUT2D eigenvalue weighted by atomic mass is 16.4. The Hall–Kier alpha value is -2.38. The van der Waals surface area contributed by atoms with Crippen LogP contribution in [0.2, 0.25) is 0 Å². The third-order valence-electron chi connectivity index (χ3n) is 4.54. The van der Waals surface area contributed by atoms with Crippen molar-refractivity contribution in [3.8, 4) is 0 Å². The van der Waals surface area contributed by atoms with Crippen molar-refractivity contribution in [2.45, 2.75) is 12.8 Å². The van der Waals surface area contributed by atoms with Crippen LogP contribution in [0.4, 0.5) is 0 Å². The van der Waals surface area contributed by atoms with E-state index in [0.29, 0.717) is 12.5 Å². The van der Waals surface area contributed by atoms with Crippen molar-refractivity contribution < 1.29 is 14.7 Å². The average molecular weight is 307 g/mol. The lowest BCUT2D eigenvalue weighted by Crippen LogP contribution is -2.38. The van der Waals surface area contributed by atoms with Crippen LogP contribution in [0.3, 0.4) is 0 Å². The summed E-state index contributed by atoms with van der Waals surface area (Å²) in [6.45, 7) is 0.459. The molecule has 0 spiro atoms. The van der Waals surface area contributed by atoms with E-state index in [-0.39, 0.29) is 18.0 Å². The van der Waals surface area contributed by atoms with E-state index < -0.39 is 29.0 Å². The molecule has 0 bridgehead atoms. The van der Waals surface area contributed by atoms with E-state index in [1.54, 1.807) is 0 Å². The second kappa shape index (κ2) is 5.11. The molecule has 0 radical (unpaired) electrons. The first-order valence-corrected chi connectivity index (χ1v) is 7.20. The number of carboxylic acids is 1. The van der Waals surface area contributed by atoms with Gasteiger partial charge in [0.15, 0.2) is 0 Å². The predicted molar refractivity (Wildman–Crippen MR) is 75.5 cm³/mol. The average Bonchev–Trinajstić information content (AvgIpc) is 3.20. The van der Waals surface area contributed by atoms with Crippen molar-refractivity contribution in [1.29, 1.82) is 0 Å². The van der Waals surface area contributed by atoms with Crippen LogP contribution in [-0.4, -0.2) is 44.5 Å². The van der Waals surface area contributed by atoms with Crippen LogP contribution in [0.15, 0.2) is 15.8 Å². The van der Waals surface area contributed by atoms with Gasteiger partial charge in [-0.15, -0.1) is 0 Å². The number of aromatic amines is 1. The number of carbonyl (C=O) groups is 2. The zero-order valence-corrected chi connectivity index (χ0v) is 12.1. The van der Waals surface area contributed by atoms with E-state index in [0.717, 1.165) is 17.4 Å². The fraction of sp³-hybridized carbons (Fsp3) is 0.571. The van der Waals surface area contributed by atoms with Crippen LogP contribution in [0.5, 0.6) is 0 Å². The number of rotatable bonds is 3. The summed E-state index contributed by atoms with van der Waals surface area (Å²) >= 11 is 0. The summed E-state index contributed by atoms with van der Waals surface area (Å²) in [6, 6.07) is 0. The molecular formula is C14H17N3O5. The highest BCUT2D eigenvalue weighted by Crippen LogP contribution is 2.44. The predicted octanol–water partition coefficient (Wildman–Crippen LogP) is -0.744. The van der Waals surface area contributed by atoms with E-state index in [2.05, 4.69) is 4.98 Å². The van der Waals surface area contributed by atoms with Gasteiger partial charge in [-0.2, -0.15) is 0 Å². The fourth-order valence-corrected chi connectivity index (χ4v) is 3.14. The molecule has 2 heterocycles. The van der Waals surface area contributed by atoms with Gasteiger partial charge in [0.2, 0.25) is 0 Å². The molecule has 2 aliphatic rings. The van der Waals surface area contributed by atoms with E-state index in [1.807, 2.05) is 0 Å². The van der Waals surface area contributed by atoms with Gasteiger partial charge in [-0.25, -0.2) is 4.79 Å². The third-order valence-corrected chi connectivity index (χ3v) is 4.54. The number of nitrogens with one attached hydrogen (secondary N) is 1. The Morgan fingerprint density at radius 3 is 2.55 bits per heavy atom. The molecule has 0 aromatic carbocycles. The molecule has 8 heteroatoms. The van der Waals surface area contributed by atoms with Gasteiger partial charge < -0.3 is 14.6 Å². The number of aliphatic carboxylic acids is 1. The topological polar surface area (TPSA) is 112 Å². The van der Waals surface area contributed by atoms with Gasteiger partial charge >= 0.3 is 11.7 Å². The maximum atomic E-state index is 12.5. The quantitative estimate of drug-likeness (QED) is 0.763. The summed E-state index contributed by atoms with van der Waals surface area (Å²) in [7, 11) is 1.44. The van der Waals surface area contributed by atoms with Gasteiger partial charge in [0, 0.05) is 26.3 Å². The summed E-state index contributed by atoms with van der Waals surface area (Å²) in [5, 5.41) is 9.31. The first-order valence-electron chi connectivity index (χ1n) is 7.20. The van der Waals surface area contributed by atoms with Gasteiger partial charge in [0.1, 0.15) is 5.56 Å². The van der Waals surface area contributed by atoms with E-state index in [4.69, 9.17) is 0 Å². The van der Waals surface area contributed by atoms with Crippen molar-refractivity contribution in [3.63, 3.8) is 0 Å². The second-order valence-electron chi connectivity index (χ2n) is 6.07. The van der Waals surface area contributed by atoms with Gasteiger partial charge in [0.05, 0.1) is 5.92 Å². The summed E-state index contributed by atoms with van der Waals surface area (Å²) < 4.78 is 1.12. The Balaban J connectivity index is 1.87. The number of hydrogen-bond donors (Lipinski definition) is 2. The van der Waals surface area contributed by atoms with Crippen LogP contribution in [0.25, 0.3) is 0 Å². The molecule has 118 valence electrons. The highest BCUT2D eigenvalue weighted by molar-refractivity contribution is 5.94. The Labute approximate surface area is 125 Å². The number of aryl methyl sites for hydroxylation is 1. The number of amides is 1. The second-order valence-corrected chi connectivity index (χ2v) is 6.07. The summed E-state index contributed by atoms with van der Waals surface area (Å²) in [4.78, 5) is 50.5. The monoisotopic (exact) mass is 307 g/mol. The normalized spacial score (nSPS) is 24.5. The minimum absolute atomic E-state index is 0.0481. The molecule has 2 fully saturated rings. The smallest absolute Gasteiger partial charge is 0.328 e. The van der Waals surface area contributed by atoms with E-state index >= 15 is 0 Å². The van der Waals surface area contributed by atoms with Crippen molar-refractivity contribution in [2.75, 3.05) is 13.1 Å².